The predicted octanol–water partition coefficient (Wildman–Crippen LogP) is 2.16. The van der Waals surface area contributed by atoms with Gasteiger partial charge >= 0.3 is 0 Å². The summed E-state index contributed by atoms with van der Waals surface area (Å²) in [4.78, 5) is 0. The second-order valence-electron chi connectivity index (χ2n) is 5.34. The van der Waals surface area contributed by atoms with Gasteiger partial charge in [0.2, 0.25) is 0 Å². The molecule has 0 aromatic heterocycles. The molecule has 0 aromatic rings. The summed E-state index contributed by atoms with van der Waals surface area (Å²) in [7, 11) is 0. The first-order valence-electron chi connectivity index (χ1n) is 6.86. The van der Waals surface area contributed by atoms with Crippen molar-refractivity contribution in [2.45, 2.75) is 44.9 Å². The van der Waals surface area contributed by atoms with E-state index in [0.717, 1.165) is 11.8 Å². The highest BCUT2D eigenvalue weighted by Crippen LogP contribution is 2.26. The Bertz CT molecular complexity index is 140. The van der Waals surface area contributed by atoms with Gasteiger partial charge in [-0.1, -0.05) is 25.7 Å². The molecule has 1 unspecified atom stereocenters. The Morgan fingerprint density at radius 1 is 0.933 bits per heavy atom. The van der Waals surface area contributed by atoms with Crippen molar-refractivity contribution in [1.29, 1.82) is 0 Å². The molecule has 1 heterocycles. The summed E-state index contributed by atoms with van der Waals surface area (Å²) in [6, 6.07) is 0. The van der Waals surface area contributed by atoms with E-state index in [2.05, 4.69) is 10.6 Å². The highest BCUT2D eigenvalue weighted by atomic mass is 14.9. The molecule has 1 saturated carbocycles. The molecule has 0 bridgehead atoms. The third-order valence-corrected chi connectivity index (χ3v) is 4.10. The van der Waals surface area contributed by atoms with Gasteiger partial charge in [0.25, 0.3) is 0 Å². The molecule has 0 radical (unpaired) electrons. The molecule has 15 heavy (non-hydrogen) atoms. The van der Waals surface area contributed by atoms with Gasteiger partial charge in [-0.15, -0.1) is 0 Å². The molecular weight excluding hydrogens is 184 g/mol. The summed E-state index contributed by atoms with van der Waals surface area (Å²) in [5, 5.41) is 7.04. The molecule has 0 amide bonds. The van der Waals surface area contributed by atoms with Crippen LogP contribution in [0.15, 0.2) is 0 Å². The van der Waals surface area contributed by atoms with Crippen LogP contribution in [0.25, 0.3) is 0 Å². The lowest BCUT2D eigenvalue weighted by molar-refractivity contribution is 0.452. The number of nitrogens with one attached hydrogen (secondary N) is 2. The molecule has 2 rings (SSSR count). The van der Waals surface area contributed by atoms with Crippen LogP contribution in [0.4, 0.5) is 0 Å². The zero-order valence-corrected chi connectivity index (χ0v) is 9.93. The van der Waals surface area contributed by atoms with E-state index in [9.17, 15) is 0 Å². The first-order chi connectivity index (χ1) is 7.45. The Hall–Kier alpha value is -0.0800. The molecule has 1 aliphatic heterocycles. The lowest BCUT2D eigenvalue weighted by atomic mass is 10.0. The zero-order chi connectivity index (χ0) is 10.3. The molecule has 2 N–H and O–H groups in total. The molecule has 1 aliphatic carbocycles. The van der Waals surface area contributed by atoms with Crippen molar-refractivity contribution in [2.75, 3.05) is 26.2 Å². The first kappa shape index (κ1) is 11.4. The first-order valence-corrected chi connectivity index (χ1v) is 6.86. The fraction of sp³-hybridized carbons (Fsp3) is 1.00. The molecule has 0 aromatic carbocycles. The molecule has 2 heteroatoms. The van der Waals surface area contributed by atoms with Crippen LogP contribution in [0.2, 0.25) is 0 Å². The van der Waals surface area contributed by atoms with Crippen molar-refractivity contribution < 1.29 is 0 Å². The van der Waals surface area contributed by atoms with E-state index in [1.54, 1.807) is 0 Å². The van der Waals surface area contributed by atoms with E-state index in [-0.39, 0.29) is 0 Å². The minimum atomic E-state index is 0.948. The Kier molecular flexibility index (Phi) is 4.94. The van der Waals surface area contributed by atoms with Crippen LogP contribution in [-0.2, 0) is 0 Å². The molecule has 1 atom stereocenters. The smallest absolute Gasteiger partial charge is 0.00196 e. The Morgan fingerprint density at radius 2 is 1.67 bits per heavy atom. The summed E-state index contributed by atoms with van der Waals surface area (Å²) in [5.41, 5.74) is 0. The highest BCUT2D eigenvalue weighted by Gasteiger charge is 2.15. The van der Waals surface area contributed by atoms with Crippen LogP contribution >= 0.6 is 0 Å². The molecule has 2 nitrogen and oxygen atoms in total. The van der Waals surface area contributed by atoms with Crippen LogP contribution in [0.1, 0.15) is 44.9 Å². The Morgan fingerprint density at radius 3 is 2.33 bits per heavy atom. The predicted molar refractivity (Wildman–Crippen MR) is 65.0 cm³/mol. The van der Waals surface area contributed by atoms with Gasteiger partial charge in [0, 0.05) is 0 Å². The monoisotopic (exact) mass is 210 g/mol. The molecule has 2 fully saturated rings. The largest absolute Gasteiger partial charge is 0.317 e. The van der Waals surface area contributed by atoms with Gasteiger partial charge in [-0.05, 0) is 57.3 Å². The maximum atomic E-state index is 3.61. The van der Waals surface area contributed by atoms with E-state index in [4.69, 9.17) is 0 Å². The SMILES string of the molecule is C1CCC(CCNCCC2CCNC2)C1. The minimum absolute atomic E-state index is 0.948. The van der Waals surface area contributed by atoms with E-state index in [0.29, 0.717) is 0 Å². The second-order valence-corrected chi connectivity index (χ2v) is 5.34. The molecular formula is C13H26N2. The topological polar surface area (TPSA) is 24.1 Å². The average Bonchev–Trinajstić information content (AvgIpc) is 2.88. The van der Waals surface area contributed by atoms with Crippen LogP contribution in [0.3, 0.4) is 0 Å². The van der Waals surface area contributed by atoms with Gasteiger partial charge in [-0.25, -0.2) is 0 Å². The van der Waals surface area contributed by atoms with Gasteiger partial charge in [-0.3, -0.25) is 0 Å². The third kappa shape index (κ3) is 4.12. The van der Waals surface area contributed by atoms with E-state index >= 15 is 0 Å². The van der Waals surface area contributed by atoms with Gasteiger partial charge in [0.15, 0.2) is 0 Å². The number of hydrogen-bond donors (Lipinski definition) is 2. The lowest BCUT2D eigenvalue weighted by Gasteiger charge is -2.11. The summed E-state index contributed by atoms with van der Waals surface area (Å²) in [6.07, 6.45) is 10.1. The fourth-order valence-corrected chi connectivity index (χ4v) is 3.00. The van der Waals surface area contributed by atoms with Gasteiger partial charge in [-0.2, -0.15) is 0 Å². The maximum absolute atomic E-state index is 3.61. The average molecular weight is 210 g/mol. The van der Waals surface area contributed by atoms with Gasteiger partial charge in [0.1, 0.15) is 0 Å². The Labute approximate surface area is 94.2 Å². The third-order valence-electron chi connectivity index (χ3n) is 4.10. The standard InChI is InChI=1S/C13H26N2/c1-2-4-12(3-1)5-8-14-9-6-13-7-10-15-11-13/h12-15H,1-11H2. The highest BCUT2D eigenvalue weighted by molar-refractivity contribution is 4.72. The van der Waals surface area contributed by atoms with Crippen LogP contribution in [-0.4, -0.2) is 26.2 Å². The summed E-state index contributed by atoms with van der Waals surface area (Å²) < 4.78 is 0. The molecule has 88 valence electrons. The minimum Gasteiger partial charge on any atom is -0.317 e. The lowest BCUT2D eigenvalue weighted by Crippen LogP contribution is -2.21. The van der Waals surface area contributed by atoms with E-state index < -0.39 is 0 Å². The van der Waals surface area contributed by atoms with Gasteiger partial charge < -0.3 is 10.6 Å². The van der Waals surface area contributed by atoms with Crippen LogP contribution in [0.5, 0.6) is 0 Å². The van der Waals surface area contributed by atoms with Crippen molar-refractivity contribution in [3.63, 3.8) is 0 Å². The van der Waals surface area contributed by atoms with Crippen LogP contribution in [0, 0.1) is 11.8 Å². The van der Waals surface area contributed by atoms with Crippen molar-refractivity contribution in [3.05, 3.63) is 0 Å². The van der Waals surface area contributed by atoms with Crippen molar-refractivity contribution in [1.82, 2.24) is 10.6 Å². The molecule has 0 spiro atoms. The number of hydrogen-bond acceptors (Lipinski definition) is 2. The zero-order valence-electron chi connectivity index (χ0n) is 9.93. The van der Waals surface area contributed by atoms with E-state index in [1.165, 1.54) is 71.1 Å². The quantitative estimate of drug-likeness (QED) is 0.657. The number of rotatable bonds is 6. The van der Waals surface area contributed by atoms with E-state index in [1.807, 2.05) is 0 Å². The fourth-order valence-electron chi connectivity index (χ4n) is 3.00. The van der Waals surface area contributed by atoms with Crippen molar-refractivity contribution in [2.24, 2.45) is 11.8 Å². The molecule has 2 aliphatic rings. The van der Waals surface area contributed by atoms with Crippen molar-refractivity contribution >= 4 is 0 Å². The second kappa shape index (κ2) is 6.49. The summed E-state index contributed by atoms with van der Waals surface area (Å²) in [6.45, 7) is 4.99. The van der Waals surface area contributed by atoms with Gasteiger partial charge in [0.05, 0.1) is 0 Å². The van der Waals surface area contributed by atoms with Crippen LogP contribution < -0.4 is 10.6 Å². The molecule has 1 saturated heterocycles. The van der Waals surface area contributed by atoms with Crippen molar-refractivity contribution in [3.8, 4) is 0 Å². The normalized spacial score (nSPS) is 27.6. The maximum Gasteiger partial charge on any atom is -0.00196 e. The summed E-state index contributed by atoms with van der Waals surface area (Å²) >= 11 is 0. The Balaban J connectivity index is 1.41. The summed E-state index contributed by atoms with van der Waals surface area (Å²) in [5.74, 6) is 2.00.